The van der Waals surface area contributed by atoms with E-state index in [2.05, 4.69) is 15.6 Å². The van der Waals surface area contributed by atoms with Crippen molar-refractivity contribution in [3.8, 4) is 11.5 Å². The van der Waals surface area contributed by atoms with Crippen molar-refractivity contribution < 1.29 is 14.3 Å². The number of rotatable bonds is 6. The first-order valence-corrected chi connectivity index (χ1v) is 8.62. The number of nitrogens with zero attached hydrogens (tertiary/aromatic N) is 1. The Hall–Kier alpha value is -2.80. The van der Waals surface area contributed by atoms with Crippen LogP contribution in [0.15, 0.2) is 42.5 Å². The lowest BCUT2D eigenvalue weighted by atomic mass is 10.1. The number of ether oxygens (including phenoxy) is 2. The maximum Gasteiger partial charge on any atom is 0.321 e. The third-order valence-corrected chi connectivity index (χ3v) is 4.62. The van der Waals surface area contributed by atoms with E-state index in [1.54, 1.807) is 14.2 Å². The number of hydrogen-bond donors (Lipinski definition) is 2. The van der Waals surface area contributed by atoms with Gasteiger partial charge in [-0.1, -0.05) is 29.5 Å². The summed E-state index contributed by atoms with van der Waals surface area (Å²) >= 11 is 1.41. The highest BCUT2D eigenvalue weighted by Gasteiger charge is 2.10. The quantitative estimate of drug-likeness (QED) is 0.706. The predicted molar refractivity (Wildman–Crippen MR) is 99.9 cm³/mol. The number of para-hydroxylation sites is 1. The first-order chi connectivity index (χ1) is 12.2. The molecule has 130 valence electrons. The summed E-state index contributed by atoms with van der Waals surface area (Å²) in [5.41, 5.74) is 1.88. The number of thiazole rings is 1. The van der Waals surface area contributed by atoms with Gasteiger partial charge in [-0.2, -0.15) is 0 Å². The van der Waals surface area contributed by atoms with E-state index >= 15 is 0 Å². The summed E-state index contributed by atoms with van der Waals surface area (Å²) < 4.78 is 11.4. The van der Waals surface area contributed by atoms with Crippen LogP contribution in [0.2, 0.25) is 0 Å². The predicted octanol–water partition coefficient (Wildman–Crippen LogP) is 3.68. The van der Waals surface area contributed by atoms with E-state index in [1.807, 2.05) is 42.5 Å². The summed E-state index contributed by atoms with van der Waals surface area (Å²) in [5, 5.41) is 6.15. The van der Waals surface area contributed by atoms with Gasteiger partial charge in [-0.3, -0.25) is 5.32 Å². The van der Waals surface area contributed by atoms with Gasteiger partial charge in [-0.05, 0) is 36.2 Å². The molecule has 3 aromatic rings. The maximum atomic E-state index is 12.0. The highest BCUT2D eigenvalue weighted by molar-refractivity contribution is 7.22. The van der Waals surface area contributed by atoms with Crippen LogP contribution in [-0.4, -0.2) is 31.8 Å². The molecule has 1 heterocycles. The monoisotopic (exact) mass is 357 g/mol. The minimum atomic E-state index is -0.272. The number of fused-ring (bicyclic) bond motifs is 1. The Morgan fingerprint density at radius 1 is 1.12 bits per heavy atom. The Balaban J connectivity index is 1.53. The normalized spacial score (nSPS) is 10.5. The van der Waals surface area contributed by atoms with Crippen LogP contribution in [0.3, 0.4) is 0 Å². The average molecular weight is 357 g/mol. The van der Waals surface area contributed by atoms with Gasteiger partial charge in [0.15, 0.2) is 5.13 Å². The fourth-order valence-corrected chi connectivity index (χ4v) is 3.27. The Kier molecular flexibility index (Phi) is 5.35. The average Bonchev–Trinajstić information content (AvgIpc) is 3.04. The molecule has 0 aliphatic heterocycles. The second-order valence-corrected chi connectivity index (χ2v) is 6.34. The van der Waals surface area contributed by atoms with Gasteiger partial charge in [0.2, 0.25) is 0 Å². The minimum absolute atomic E-state index is 0.272. The molecule has 2 amide bonds. The summed E-state index contributed by atoms with van der Waals surface area (Å²) in [5.74, 6) is 1.52. The Morgan fingerprint density at radius 3 is 2.64 bits per heavy atom. The highest BCUT2D eigenvalue weighted by atomic mass is 32.1. The first kappa shape index (κ1) is 17.0. The van der Waals surface area contributed by atoms with Crippen LogP contribution in [0.25, 0.3) is 10.2 Å². The van der Waals surface area contributed by atoms with E-state index in [1.165, 1.54) is 11.3 Å². The van der Waals surface area contributed by atoms with Crippen molar-refractivity contribution in [1.82, 2.24) is 10.3 Å². The number of benzene rings is 2. The molecule has 0 fully saturated rings. The molecule has 25 heavy (non-hydrogen) atoms. The molecular formula is C18H19N3O3S. The SMILES string of the molecule is COc1ccc(CCNC(=O)Nc2nc3c(OC)cccc3s2)cc1. The molecule has 0 unspecified atom stereocenters. The van der Waals surface area contributed by atoms with E-state index in [4.69, 9.17) is 9.47 Å². The molecule has 0 saturated carbocycles. The topological polar surface area (TPSA) is 72.5 Å². The van der Waals surface area contributed by atoms with Crippen LogP contribution in [0.1, 0.15) is 5.56 Å². The first-order valence-electron chi connectivity index (χ1n) is 7.81. The number of nitrogens with one attached hydrogen (secondary N) is 2. The van der Waals surface area contributed by atoms with Crippen molar-refractivity contribution in [3.63, 3.8) is 0 Å². The molecule has 0 aliphatic carbocycles. The van der Waals surface area contributed by atoms with Gasteiger partial charge in [0.25, 0.3) is 0 Å². The number of amides is 2. The molecule has 6 nitrogen and oxygen atoms in total. The molecule has 3 rings (SSSR count). The Bertz CT molecular complexity index is 862. The van der Waals surface area contributed by atoms with Gasteiger partial charge >= 0.3 is 6.03 Å². The van der Waals surface area contributed by atoms with E-state index in [0.717, 1.165) is 28.0 Å². The number of hydrogen-bond acceptors (Lipinski definition) is 5. The van der Waals surface area contributed by atoms with E-state index in [0.29, 0.717) is 17.4 Å². The van der Waals surface area contributed by atoms with Crippen molar-refractivity contribution in [2.75, 3.05) is 26.1 Å². The van der Waals surface area contributed by atoms with Gasteiger partial charge < -0.3 is 14.8 Å². The lowest BCUT2D eigenvalue weighted by Crippen LogP contribution is -2.30. The smallest absolute Gasteiger partial charge is 0.321 e. The molecule has 7 heteroatoms. The van der Waals surface area contributed by atoms with E-state index in [-0.39, 0.29) is 6.03 Å². The lowest BCUT2D eigenvalue weighted by Gasteiger charge is -2.06. The van der Waals surface area contributed by atoms with Crippen molar-refractivity contribution in [2.45, 2.75) is 6.42 Å². The van der Waals surface area contributed by atoms with Crippen molar-refractivity contribution >= 4 is 32.7 Å². The summed E-state index contributed by atoms with van der Waals surface area (Å²) in [6.45, 7) is 0.534. The minimum Gasteiger partial charge on any atom is -0.497 e. The Morgan fingerprint density at radius 2 is 1.92 bits per heavy atom. The molecule has 0 bridgehead atoms. The fraction of sp³-hybridized carbons (Fsp3) is 0.222. The summed E-state index contributed by atoms with van der Waals surface area (Å²) in [4.78, 5) is 16.4. The van der Waals surface area contributed by atoms with Crippen LogP contribution in [-0.2, 0) is 6.42 Å². The van der Waals surface area contributed by atoms with E-state index in [9.17, 15) is 4.79 Å². The maximum absolute atomic E-state index is 12.0. The zero-order chi connectivity index (χ0) is 17.6. The van der Waals surface area contributed by atoms with Gasteiger partial charge in [0.1, 0.15) is 17.0 Å². The molecule has 0 aliphatic rings. The third kappa shape index (κ3) is 4.19. The second-order valence-electron chi connectivity index (χ2n) is 5.31. The standard InChI is InChI=1S/C18H19N3O3S/c1-23-13-8-6-12(7-9-13)10-11-19-17(22)21-18-20-16-14(24-2)4-3-5-15(16)25-18/h3-9H,10-11H2,1-2H3,(H2,19,20,21,22). The number of anilines is 1. The number of aromatic nitrogens is 1. The zero-order valence-electron chi connectivity index (χ0n) is 14.0. The molecule has 2 aromatic carbocycles. The largest absolute Gasteiger partial charge is 0.497 e. The molecule has 0 radical (unpaired) electrons. The van der Waals surface area contributed by atoms with Crippen LogP contribution in [0.5, 0.6) is 11.5 Å². The molecule has 2 N–H and O–H groups in total. The van der Waals surface area contributed by atoms with Gasteiger partial charge in [0.05, 0.1) is 18.9 Å². The van der Waals surface area contributed by atoms with Crippen LogP contribution in [0.4, 0.5) is 9.93 Å². The molecule has 0 spiro atoms. The van der Waals surface area contributed by atoms with Gasteiger partial charge in [0, 0.05) is 6.54 Å². The van der Waals surface area contributed by atoms with Gasteiger partial charge in [-0.15, -0.1) is 0 Å². The summed E-state index contributed by atoms with van der Waals surface area (Å²) in [6.07, 6.45) is 0.741. The third-order valence-electron chi connectivity index (χ3n) is 3.68. The molecule has 0 saturated heterocycles. The second kappa shape index (κ2) is 7.85. The summed E-state index contributed by atoms with van der Waals surface area (Å²) in [7, 11) is 3.24. The van der Waals surface area contributed by atoms with Crippen molar-refractivity contribution in [3.05, 3.63) is 48.0 Å². The number of methoxy groups -OCH3 is 2. The summed E-state index contributed by atoms with van der Waals surface area (Å²) in [6, 6.07) is 13.2. The van der Waals surface area contributed by atoms with Crippen LogP contribution < -0.4 is 20.1 Å². The van der Waals surface area contributed by atoms with Crippen LogP contribution >= 0.6 is 11.3 Å². The van der Waals surface area contributed by atoms with Crippen molar-refractivity contribution in [1.29, 1.82) is 0 Å². The van der Waals surface area contributed by atoms with Crippen LogP contribution in [0, 0.1) is 0 Å². The lowest BCUT2D eigenvalue weighted by molar-refractivity contribution is 0.252. The van der Waals surface area contributed by atoms with E-state index < -0.39 is 0 Å². The van der Waals surface area contributed by atoms with Gasteiger partial charge in [-0.25, -0.2) is 9.78 Å². The number of urea groups is 1. The Labute approximate surface area is 149 Å². The van der Waals surface area contributed by atoms with Crippen molar-refractivity contribution in [2.24, 2.45) is 0 Å². The molecule has 0 atom stereocenters. The number of carbonyl (C=O) groups is 1. The fourth-order valence-electron chi connectivity index (χ4n) is 2.40. The molecular weight excluding hydrogens is 338 g/mol. The zero-order valence-corrected chi connectivity index (χ0v) is 14.9. The molecule has 1 aromatic heterocycles. The highest BCUT2D eigenvalue weighted by Crippen LogP contribution is 2.31. The number of carbonyl (C=O) groups excluding carboxylic acids is 1.